The van der Waals surface area contributed by atoms with E-state index in [1.54, 1.807) is 6.07 Å². The third-order valence-corrected chi connectivity index (χ3v) is 4.47. The molecule has 0 bridgehead atoms. The molecular weight excluding hydrogens is 290 g/mol. The molecule has 1 atom stereocenters. The number of morpholine rings is 1. The average Bonchev–Trinajstić information content (AvgIpc) is 2.46. The molecule has 2 aliphatic heterocycles. The van der Waals surface area contributed by atoms with E-state index in [4.69, 9.17) is 22.1 Å². The van der Waals surface area contributed by atoms with Gasteiger partial charge in [0.1, 0.15) is 11.0 Å². The van der Waals surface area contributed by atoms with Crippen molar-refractivity contribution in [2.24, 2.45) is 0 Å². The third-order valence-electron chi connectivity index (χ3n) is 4.28. The van der Waals surface area contributed by atoms with Crippen LogP contribution in [-0.4, -0.2) is 59.8 Å². The van der Waals surface area contributed by atoms with Gasteiger partial charge >= 0.3 is 0 Å². The highest BCUT2D eigenvalue weighted by molar-refractivity contribution is 6.29. The molecule has 0 amide bonds. The van der Waals surface area contributed by atoms with Gasteiger partial charge in [-0.3, -0.25) is 4.90 Å². The Morgan fingerprint density at radius 1 is 1.29 bits per heavy atom. The SMILES string of the molecule is CC1CN(C2CCN(c3cc(Cl)nc(N)n3)CC2)CCO1. The molecule has 0 saturated carbocycles. The van der Waals surface area contributed by atoms with E-state index >= 15 is 0 Å². The van der Waals surface area contributed by atoms with E-state index in [9.17, 15) is 0 Å². The lowest BCUT2D eigenvalue weighted by Gasteiger charge is -2.42. The zero-order valence-corrected chi connectivity index (χ0v) is 13.1. The molecule has 1 aromatic rings. The molecule has 0 aliphatic carbocycles. The second-order valence-corrected chi connectivity index (χ2v) is 6.19. The summed E-state index contributed by atoms with van der Waals surface area (Å²) in [4.78, 5) is 13.0. The Labute approximate surface area is 130 Å². The predicted molar refractivity (Wildman–Crippen MR) is 83.7 cm³/mol. The first-order chi connectivity index (χ1) is 10.1. The van der Waals surface area contributed by atoms with Crippen molar-refractivity contribution in [1.82, 2.24) is 14.9 Å². The molecular formula is C14H22ClN5O. The van der Waals surface area contributed by atoms with Crippen LogP contribution in [0.25, 0.3) is 0 Å². The molecule has 2 saturated heterocycles. The largest absolute Gasteiger partial charge is 0.376 e. The zero-order chi connectivity index (χ0) is 14.8. The van der Waals surface area contributed by atoms with Crippen LogP contribution in [0.3, 0.4) is 0 Å². The first kappa shape index (κ1) is 14.8. The Balaban J connectivity index is 1.59. The van der Waals surface area contributed by atoms with Crippen LogP contribution in [0.2, 0.25) is 5.15 Å². The molecule has 0 spiro atoms. The number of nitrogens with two attached hydrogens (primary N) is 1. The Hall–Kier alpha value is -1.11. The number of hydrogen-bond donors (Lipinski definition) is 1. The smallest absolute Gasteiger partial charge is 0.223 e. The van der Waals surface area contributed by atoms with Crippen LogP contribution in [0.15, 0.2) is 6.07 Å². The normalized spacial score (nSPS) is 25.2. The molecule has 3 heterocycles. The number of aromatic nitrogens is 2. The van der Waals surface area contributed by atoms with Crippen molar-refractivity contribution in [2.75, 3.05) is 43.4 Å². The molecule has 0 aromatic carbocycles. The monoisotopic (exact) mass is 311 g/mol. The lowest BCUT2D eigenvalue weighted by molar-refractivity contribution is -0.0373. The number of rotatable bonds is 2. The van der Waals surface area contributed by atoms with E-state index in [1.165, 1.54) is 0 Å². The van der Waals surface area contributed by atoms with Crippen molar-refractivity contribution in [2.45, 2.75) is 31.9 Å². The molecule has 6 nitrogen and oxygen atoms in total. The first-order valence-electron chi connectivity index (χ1n) is 7.52. The fourth-order valence-corrected chi connectivity index (χ4v) is 3.41. The second-order valence-electron chi connectivity index (χ2n) is 5.80. The van der Waals surface area contributed by atoms with Crippen LogP contribution in [0, 0.1) is 0 Å². The number of halogens is 1. The Bertz CT molecular complexity index is 472. The maximum absolute atomic E-state index is 5.96. The maximum Gasteiger partial charge on any atom is 0.223 e. The van der Waals surface area contributed by atoms with Gasteiger partial charge in [-0.25, -0.2) is 4.98 Å². The van der Waals surface area contributed by atoms with Crippen LogP contribution in [0.1, 0.15) is 19.8 Å². The van der Waals surface area contributed by atoms with Crippen molar-refractivity contribution in [3.8, 4) is 0 Å². The Morgan fingerprint density at radius 3 is 2.71 bits per heavy atom. The van der Waals surface area contributed by atoms with Gasteiger partial charge in [-0.15, -0.1) is 0 Å². The lowest BCUT2D eigenvalue weighted by atomic mass is 10.0. The van der Waals surface area contributed by atoms with Crippen LogP contribution >= 0.6 is 11.6 Å². The summed E-state index contributed by atoms with van der Waals surface area (Å²) in [6.45, 7) is 7.02. The van der Waals surface area contributed by atoms with Crippen molar-refractivity contribution < 1.29 is 4.74 Å². The van der Waals surface area contributed by atoms with E-state index in [2.05, 4.69) is 26.7 Å². The van der Waals surface area contributed by atoms with Crippen LogP contribution in [0.4, 0.5) is 11.8 Å². The average molecular weight is 312 g/mol. The molecule has 1 unspecified atom stereocenters. The van der Waals surface area contributed by atoms with Gasteiger partial charge in [0.2, 0.25) is 5.95 Å². The second kappa shape index (κ2) is 6.34. The van der Waals surface area contributed by atoms with Crippen molar-refractivity contribution >= 4 is 23.4 Å². The lowest BCUT2D eigenvalue weighted by Crippen LogP contribution is -2.51. The third kappa shape index (κ3) is 3.56. The number of anilines is 2. The van der Waals surface area contributed by atoms with E-state index in [0.29, 0.717) is 17.3 Å². The van der Waals surface area contributed by atoms with Crippen LogP contribution in [-0.2, 0) is 4.74 Å². The highest BCUT2D eigenvalue weighted by Gasteiger charge is 2.28. The fraction of sp³-hybridized carbons (Fsp3) is 0.714. The number of piperidine rings is 1. The summed E-state index contributed by atoms with van der Waals surface area (Å²) in [6.07, 6.45) is 2.61. The van der Waals surface area contributed by atoms with E-state index in [-0.39, 0.29) is 5.95 Å². The molecule has 3 rings (SSSR count). The summed E-state index contributed by atoms with van der Waals surface area (Å²) in [7, 11) is 0. The minimum atomic E-state index is 0.238. The summed E-state index contributed by atoms with van der Waals surface area (Å²) in [5.74, 6) is 1.07. The fourth-order valence-electron chi connectivity index (χ4n) is 3.22. The van der Waals surface area contributed by atoms with Gasteiger partial charge in [-0.05, 0) is 19.8 Å². The first-order valence-corrected chi connectivity index (χ1v) is 7.90. The molecule has 21 heavy (non-hydrogen) atoms. The molecule has 116 valence electrons. The van der Waals surface area contributed by atoms with Gasteiger partial charge in [0.25, 0.3) is 0 Å². The summed E-state index contributed by atoms with van der Waals surface area (Å²) in [6, 6.07) is 2.43. The topological polar surface area (TPSA) is 67.5 Å². The van der Waals surface area contributed by atoms with Gasteiger partial charge in [-0.2, -0.15) is 4.98 Å². The molecule has 0 radical (unpaired) electrons. The Kier molecular flexibility index (Phi) is 4.47. The highest BCUT2D eigenvalue weighted by atomic mass is 35.5. The van der Waals surface area contributed by atoms with Crippen LogP contribution < -0.4 is 10.6 Å². The molecule has 7 heteroatoms. The van der Waals surface area contributed by atoms with Crippen molar-refractivity contribution in [3.05, 3.63) is 11.2 Å². The standard InChI is InChI=1S/C14H22ClN5O/c1-10-9-20(6-7-21-10)11-2-4-19(5-3-11)13-8-12(15)17-14(16)18-13/h8,10-11H,2-7,9H2,1H3,(H2,16,17,18). The number of hydrogen-bond acceptors (Lipinski definition) is 6. The number of nitrogen functional groups attached to an aromatic ring is 1. The van der Waals surface area contributed by atoms with Gasteiger partial charge in [0.15, 0.2) is 0 Å². The number of nitrogens with zero attached hydrogens (tertiary/aromatic N) is 4. The zero-order valence-electron chi connectivity index (χ0n) is 12.3. The summed E-state index contributed by atoms with van der Waals surface area (Å²) >= 11 is 5.96. The number of ether oxygens (including phenoxy) is 1. The molecule has 2 aliphatic rings. The van der Waals surface area contributed by atoms with Crippen molar-refractivity contribution in [3.63, 3.8) is 0 Å². The minimum Gasteiger partial charge on any atom is -0.376 e. The van der Waals surface area contributed by atoms with Gasteiger partial charge in [0, 0.05) is 38.3 Å². The van der Waals surface area contributed by atoms with E-state index in [1.807, 2.05) is 0 Å². The summed E-state index contributed by atoms with van der Waals surface area (Å²) in [5.41, 5.74) is 5.67. The van der Waals surface area contributed by atoms with E-state index < -0.39 is 0 Å². The van der Waals surface area contributed by atoms with Crippen LogP contribution in [0.5, 0.6) is 0 Å². The van der Waals surface area contributed by atoms with Gasteiger partial charge < -0.3 is 15.4 Å². The highest BCUT2D eigenvalue weighted by Crippen LogP contribution is 2.24. The molecule has 2 N–H and O–H groups in total. The summed E-state index contributed by atoms with van der Waals surface area (Å²) < 4.78 is 5.62. The quantitative estimate of drug-likeness (QED) is 0.833. The molecule has 1 aromatic heterocycles. The van der Waals surface area contributed by atoms with Gasteiger partial charge in [-0.1, -0.05) is 11.6 Å². The van der Waals surface area contributed by atoms with E-state index in [0.717, 1.165) is 51.4 Å². The summed E-state index contributed by atoms with van der Waals surface area (Å²) in [5, 5.41) is 0.404. The molecule has 2 fully saturated rings. The van der Waals surface area contributed by atoms with Crippen molar-refractivity contribution in [1.29, 1.82) is 0 Å². The predicted octanol–water partition coefficient (Wildman–Crippen LogP) is 1.40. The maximum atomic E-state index is 5.96. The minimum absolute atomic E-state index is 0.238. The Morgan fingerprint density at radius 2 is 2.05 bits per heavy atom. The van der Waals surface area contributed by atoms with Gasteiger partial charge in [0.05, 0.1) is 12.7 Å².